The minimum absolute atomic E-state index is 0.0193. The van der Waals surface area contributed by atoms with E-state index in [1.165, 1.54) is 13.2 Å². The highest BCUT2D eigenvalue weighted by atomic mass is 32.1. The number of rotatable bonds is 3. The number of halogens is 2. The minimum atomic E-state index is -3.01. The SMILES string of the molecule is COC(=O)c1ccc(C(C)(F)F)cc1N=C=S. The molecule has 17 heavy (non-hydrogen) atoms. The number of carbonyl (C=O) groups is 1. The van der Waals surface area contributed by atoms with E-state index in [2.05, 4.69) is 21.9 Å². The third kappa shape index (κ3) is 3.15. The molecule has 0 heterocycles. The minimum Gasteiger partial charge on any atom is -0.465 e. The third-order valence-corrected chi connectivity index (χ3v) is 2.17. The quantitative estimate of drug-likeness (QED) is 0.473. The molecule has 0 bridgehead atoms. The van der Waals surface area contributed by atoms with Gasteiger partial charge in [-0.15, -0.1) is 0 Å². The Bertz CT molecular complexity index is 491. The van der Waals surface area contributed by atoms with Gasteiger partial charge in [-0.1, -0.05) is 6.07 Å². The second-order valence-corrected chi connectivity index (χ2v) is 3.50. The maximum absolute atomic E-state index is 13.1. The van der Waals surface area contributed by atoms with Gasteiger partial charge in [0.1, 0.15) is 0 Å². The first-order valence-electron chi connectivity index (χ1n) is 4.58. The van der Waals surface area contributed by atoms with Gasteiger partial charge in [0.2, 0.25) is 0 Å². The zero-order chi connectivity index (χ0) is 13.1. The molecule has 1 rings (SSSR count). The van der Waals surface area contributed by atoms with Gasteiger partial charge in [-0.2, -0.15) is 4.99 Å². The van der Waals surface area contributed by atoms with E-state index >= 15 is 0 Å². The normalized spacial score (nSPS) is 10.6. The van der Waals surface area contributed by atoms with E-state index in [0.717, 1.165) is 19.1 Å². The maximum atomic E-state index is 13.1. The first-order valence-corrected chi connectivity index (χ1v) is 4.99. The summed E-state index contributed by atoms with van der Waals surface area (Å²) < 4.78 is 30.7. The van der Waals surface area contributed by atoms with Crippen LogP contribution in [0.4, 0.5) is 14.5 Å². The summed E-state index contributed by atoms with van der Waals surface area (Å²) in [5.74, 6) is -3.68. The molecule has 1 aromatic carbocycles. The van der Waals surface area contributed by atoms with Gasteiger partial charge in [0.15, 0.2) is 0 Å². The van der Waals surface area contributed by atoms with Crippen LogP contribution in [0.25, 0.3) is 0 Å². The second-order valence-electron chi connectivity index (χ2n) is 3.31. The molecule has 0 N–H and O–H groups in total. The van der Waals surface area contributed by atoms with Crippen molar-refractivity contribution in [3.63, 3.8) is 0 Å². The summed E-state index contributed by atoms with van der Waals surface area (Å²) >= 11 is 4.40. The van der Waals surface area contributed by atoms with E-state index in [1.54, 1.807) is 0 Å². The molecule has 0 aliphatic rings. The Morgan fingerprint density at radius 2 is 2.18 bits per heavy atom. The number of methoxy groups -OCH3 is 1. The van der Waals surface area contributed by atoms with Crippen molar-refractivity contribution < 1.29 is 18.3 Å². The number of ether oxygens (including phenoxy) is 1. The fourth-order valence-corrected chi connectivity index (χ4v) is 1.33. The molecule has 3 nitrogen and oxygen atoms in total. The van der Waals surface area contributed by atoms with Crippen molar-refractivity contribution in [1.82, 2.24) is 0 Å². The van der Waals surface area contributed by atoms with Crippen molar-refractivity contribution in [2.45, 2.75) is 12.8 Å². The number of aliphatic imine (C=N–C) groups is 1. The molecule has 0 atom stereocenters. The van der Waals surface area contributed by atoms with Crippen molar-refractivity contribution in [3.05, 3.63) is 29.3 Å². The lowest BCUT2D eigenvalue weighted by Gasteiger charge is -2.12. The fraction of sp³-hybridized carbons (Fsp3) is 0.273. The van der Waals surface area contributed by atoms with E-state index in [0.29, 0.717) is 0 Å². The number of hydrogen-bond acceptors (Lipinski definition) is 4. The standard InChI is InChI=1S/C11H9F2NO2S/c1-11(12,13)7-3-4-8(10(15)16-2)9(5-7)14-6-17/h3-5H,1-2H3. The average molecular weight is 257 g/mol. The Morgan fingerprint density at radius 3 is 2.65 bits per heavy atom. The van der Waals surface area contributed by atoms with Crippen LogP contribution in [0.5, 0.6) is 0 Å². The molecule has 0 aromatic heterocycles. The molecule has 1 aromatic rings. The van der Waals surface area contributed by atoms with Gasteiger partial charge in [0, 0.05) is 12.5 Å². The van der Waals surface area contributed by atoms with E-state index in [-0.39, 0.29) is 16.8 Å². The van der Waals surface area contributed by atoms with Crippen molar-refractivity contribution >= 4 is 29.0 Å². The lowest BCUT2D eigenvalue weighted by Crippen LogP contribution is -2.08. The molecule has 6 heteroatoms. The van der Waals surface area contributed by atoms with E-state index in [1.807, 2.05) is 5.16 Å². The van der Waals surface area contributed by atoms with Gasteiger partial charge in [-0.25, -0.2) is 13.6 Å². The van der Waals surface area contributed by atoms with Crippen molar-refractivity contribution in [2.24, 2.45) is 4.99 Å². The molecule has 0 unspecified atom stereocenters. The number of benzene rings is 1. The lowest BCUT2D eigenvalue weighted by atomic mass is 10.1. The number of alkyl halides is 2. The van der Waals surface area contributed by atoms with Crippen molar-refractivity contribution in [2.75, 3.05) is 7.11 Å². The highest BCUT2D eigenvalue weighted by molar-refractivity contribution is 7.78. The molecule has 0 saturated carbocycles. The number of esters is 1. The maximum Gasteiger partial charge on any atom is 0.340 e. The molecular weight excluding hydrogens is 248 g/mol. The van der Waals surface area contributed by atoms with E-state index in [9.17, 15) is 13.6 Å². The Kier molecular flexibility index (Phi) is 4.04. The smallest absolute Gasteiger partial charge is 0.340 e. The van der Waals surface area contributed by atoms with Gasteiger partial charge in [0.25, 0.3) is 5.92 Å². The Morgan fingerprint density at radius 1 is 1.53 bits per heavy atom. The third-order valence-electron chi connectivity index (χ3n) is 2.08. The van der Waals surface area contributed by atoms with Crippen LogP contribution in [0.15, 0.2) is 23.2 Å². The first-order chi connectivity index (χ1) is 7.90. The molecule has 90 valence electrons. The fourth-order valence-electron chi connectivity index (χ4n) is 1.23. The lowest BCUT2D eigenvalue weighted by molar-refractivity contribution is 0.0174. The average Bonchev–Trinajstić information content (AvgIpc) is 2.27. The van der Waals surface area contributed by atoms with Crippen LogP contribution in [0.1, 0.15) is 22.8 Å². The largest absolute Gasteiger partial charge is 0.465 e. The molecule has 0 spiro atoms. The topological polar surface area (TPSA) is 38.7 Å². The first kappa shape index (κ1) is 13.4. The summed E-state index contributed by atoms with van der Waals surface area (Å²) in [5.41, 5.74) is -0.169. The molecule has 0 radical (unpaired) electrons. The zero-order valence-electron chi connectivity index (χ0n) is 9.16. The summed E-state index contributed by atoms with van der Waals surface area (Å²) in [7, 11) is 1.19. The van der Waals surface area contributed by atoms with Gasteiger partial charge < -0.3 is 4.74 Å². The van der Waals surface area contributed by atoms with E-state index < -0.39 is 11.9 Å². The number of carbonyl (C=O) groups excluding carboxylic acids is 1. The molecule has 0 fully saturated rings. The van der Waals surface area contributed by atoms with Crippen LogP contribution in [-0.4, -0.2) is 18.2 Å². The van der Waals surface area contributed by atoms with Crippen molar-refractivity contribution in [3.8, 4) is 0 Å². The highest BCUT2D eigenvalue weighted by Crippen LogP contribution is 2.31. The predicted octanol–water partition coefficient (Wildman–Crippen LogP) is 3.32. The predicted molar refractivity (Wildman–Crippen MR) is 62.0 cm³/mol. The van der Waals surface area contributed by atoms with Crippen LogP contribution >= 0.6 is 12.2 Å². The van der Waals surface area contributed by atoms with Gasteiger partial charge in [-0.3, -0.25) is 0 Å². The van der Waals surface area contributed by atoms with Crippen LogP contribution in [0.3, 0.4) is 0 Å². The monoisotopic (exact) mass is 257 g/mol. The van der Waals surface area contributed by atoms with Crippen LogP contribution in [-0.2, 0) is 10.7 Å². The Hall–Kier alpha value is -1.65. The summed E-state index contributed by atoms with van der Waals surface area (Å²) in [6.07, 6.45) is 0. The molecular formula is C11H9F2NO2S. The summed E-state index contributed by atoms with van der Waals surface area (Å²) in [6, 6.07) is 3.46. The Labute approximate surface area is 102 Å². The van der Waals surface area contributed by atoms with Gasteiger partial charge >= 0.3 is 5.97 Å². The highest BCUT2D eigenvalue weighted by Gasteiger charge is 2.26. The van der Waals surface area contributed by atoms with Gasteiger partial charge in [0.05, 0.1) is 23.5 Å². The molecule has 0 saturated heterocycles. The Balaban J connectivity index is 3.37. The number of nitrogens with zero attached hydrogens (tertiary/aromatic N) is 1. The van der Waals surface area contributed by atoms with Crippen molar-refractivity contribution in [1.29, 1.82) is 0 Å². The second kappa shape index (κ2) is 5.12. The number of hydrogen-bond donors (Lipinski definition) is 0. The molecule has 0 aliphatic carbocycles. The van der Waals surface area contributed by atoms with Gasteiger partial charge in [-0.05, 0) is 24.4 Å². The summed E-state index contributed by atoms with van der Waals surface area (Å²) in [4.78, 5) is 14.9. The summed E-state index contributed by atoms with van der Waals surface area (Å²) in [5, 5.41) is 2.04. The van der Waals surface area contributed by atoms with Crippen LogP contribution in [0, 0.1) is 0 Å². The van der Waals surface area contributed by atoms with Crippen LogP contribution < -0.4 is 0 Å². The summed E-state index contributed by atoms with van der Waals surface area (Å²) in [6.45, 7) is 0.755. The van der Waals surface area contributed by atoms with Crippen LogP contribution in [0.2, 0.25) is 0 Å². The molecule has 0 amide bonds. The molecule has 0 aliphatic heterocycles. The number of thiocarbonyl (C=S) groups is 1. The number of isothiocyanates is 1. The zero-order valence-corrected chi connectivity index (χ0v) is 9.98. The van der Waals surface area contributed by atoms with E-state index in [4.69, 9.17) is 0 Å².